The molecule has 0 unspecified atom stereocenters. The van der Waals surface area contributed by atoms with Gasteiger partial charge in [-0.3, -0.25) is 9.89 Å². The van der Waals surface area contributed by atoms with E-state index in [1.807, 2.05) is 17.0 Å². The van der Waals surface area contributed by atoms with Crippen molar-refractivity contribution >= 4 is 46.1 Å². The summed E-state index contributed by atoms with van der Waals surface area (Å²) in [5, 5.41) is 21.6. The lowest BCUT2D eigenvalue weighted by Crippen LogP contribution is -2.51. The second kappa shape index (κ2) is 9.92. The Labute approximate surface area is 233 Å². The van der Waals surface area contributed by atoms with E-state index >= 15 is 4.39 Å². The molecule has 5 heterocycles. The molecule has 1 aliphatic heterocycles. The molecule has 0 aromatic carbocycles. The number of pyridine rings is 1. The van der Waals surface area contributed by atoms with Gasteiger partial charge < -0.3 is 24.6 Å². The van der Waals surface area contributed by atoms with E-state index in [1.165, 1.54) is 6.20 Å². The topological polar surface area (TPSA) is 136 Å². The number of H-pyrrole nitrogens is 1. The van der Waals surface area contributed by atoms with Crippen LogP contribution in [-0.4, -0.2) is 68.4 Å². The molecule has 0 spiro atoms. The third-order valence-corrected chi connectivity index (χ3v) is 8.84. The summed E-state index contributed by atoms with van der Waals surface area (Å²) in [5.41, 5.74) is 0.898. The van der Waals surface area contributed by atoms with E-state index in [0.717, 1.165) is 31.6 Å². The highest BCUT2D eigenvalue weighted by Gasteiger charge is 2.48. The van der Waals surface area contributed by atoms with Crippen molar-refractivity contribution in [1.82, 2.24) is 25.1 Å². The van der Waals surface area contributed by atoms with Crippen LogP contribution in [0, 0.1) is 23.6 Å². The second-order valence-electron chi connectivity index (χ2n) is 10.8. The van der Waals surface area contributed by atoms with E-state index in [-0.39, 0.29) is 29.3 Å². The van der Waals surface area contributed by atoms with Gasteiger partial charge in [0.1, 0.15) is 5.69 Å². The van der Waals surface area contributed by atoms with Crippen LogP contribution >= 0.6 is 11.6 Å². The van der Waals surface area contributed by atoms with E-state index in [2.05, 4.69) is 35.4 Å². The molecule has 4 fully saturated rings. The van der Waals surface area contributed by atoms with Crippen LogP contribution in [0.5, 0.6) is 0 Å². The zero-order valence-electron chi connectivity index (χ0n) is 21.6. The van der Waals surface area contributed by atoms with Crippen LogP contribution in [0.2, 0.25) is 5.02 Å². The van der Waals surface area contributed by atoms with Gasteiger partial charge in [0.05, 0.1) is 22.6 Å². The maximum absolute atomic E-state index is 16.3. The van der Waals surface area contributed by atoms with Crippen LogP contribution in [0.3, 0.4) is 0 Å². The smallest absolute Gasteiger partial charge is 0.308 e. The summed E-state index contributed by atoms with van der Waals surface area (Å²) >= 11 is 6.22. The van der Waals surface area contributed by atoms with Gasteiger partial charge in [-0.05, 0) is 49.7 Å². The summed E-state index contributed by atoms with van der Waals surface area (Å²) in [6.07, 6.45) is 6.75. The average Bonchev–Trinajstić information content (AvgIpc) is 3.65. The van der Waals surface area contributed by atoms with Crippen molar-refractivity contribution in [2.24, 2.45) is 17.8 Å². The Morgan fingerprint density at radius 2 is 1.88 bits per heavy atom. The van der Waals surface area contributed by atoms with Crippen LogP contribution in [-0.2, 0) is 4.79 Å². The van der Waals surface area contributed by atoms with Gasteiger partial charge in [0.25, 0.3) is 0 Å². The predicted molar refractivity (Wildman–Crippen MR) is 147 cm³/mol. The van der Waals surface area contributed by atoms with Crippen molar-refractivity contribution in [2.75, 3.05) is 41.3 Å². The first kappa shape index (κ1) is 25.1. The number of aromatic amines is 1. The lowest BCUT2D eigenvalue weighted by atomic mass is 9.61. The molecule has 0 radical (unpaired) electrons. The van der Waals surface area contributed by atoms with Crippen molar-refractivity contribution in [3.05, 3.63) is 41.5 Å². The highest BCUT2D eigenvalue weighted by molar-refractivity contribution is 6.31. The molecule has 2 atom stereocenters. The molecule has 40 heavy (non-hydrogen) atoms. The summed E-state index contributed by atoms with van der Waals surface area (Å²) in [7, 11) is 0. The van der Waals surface area contributed by atoms with Gasteiger partial charge in [-0.25, -0.2) is 15.0 Å². The number of rotatable bonds is 6. The molecule has 208 valence electrons. The minimum absolute atomic E-state index is 0.0107. The number of piperazine rings is 1. The fourth-order valence-electron chi connectivity index (χ4n) is 6.65. The van der Waals surface area contributed by atoms with Gasteiger partial charge in [-0.15, -0.1) is 0 Å². The summed E-state index contributed by atoms with van der Waals surface area (Å²) in [6, 6.07) is 5.04. The molecule has 2 bridgehead atoms. The molecule has 11 nitrogen and oxygen atoms in total. The number of aromatic nitrogens is 5. The van der Waals surface area contributed by atoms with E-state index in [1.54, 1.807) is 12.3 Å². The predicted octanol–water partition coefficient (Wildman–Crippen LogP) is 4.43. The Kier molecular flexibility index (Phi) is 6.21. The van der Waals surface area contributed by atoms with Crippen LogP contribution in [0.15, 0.2) is 35.1 Å². The number of carboxylic acid groups (broad SMARTS) is 1. The first-order chi connectivity index (χ1) is 19.5. The molecule has 3 aliphatic carbocycles. The number of hydrogen-bond donors (Lipinski definition) is 3. The number of hydrogen-bond acceptors (Lipinski definition) is 9. The van der Waals surface area contributed by atoms with Gasteiger partial charge in [0, 0.05) is 44.5 Å². The Bertz CT molecular complexity index is 1550. The molecule has 13 heteroatoms. The van der Waals surface area contributed by atoms with Gasteiger partial charge in [0.15, 0.2) is 29.0 Å². The number of anilines is 3. The lowest BCUT2D eigenvalue weighted by molar-refractivity contribution is -0.148. The molecular weight excluding hydrogens is 539 g/mol. The Balaban J connectivity index is 1.28. The monoisotopic (exact) mass is 566 g/mol. The average molecular weight is 567 g/mol. The molecule has 0 amide bonds. The molecule has 4 aromatic heterocycles. The number of nitrogens with zero attached hydrogens (tertiary/aromatic N) is 6. The van der Waals surface area contributed by atoms with Crippen molar-refractivity contribution in [2.45, 2.75) is 31.7 Å². The van der Waals surface area contributed by atoms with Crippen LogP contribution in [0.25, 0.3) is 22.6 Å². The molecule has 1 saturated heterocycles. The van der Waals surface area contributed by atoms with Crippen LogP contribution < -0.4 is 15.1 Å². The van der Waals surface area contributed by atoms with Gasteiger partial charge in [-0.2, -0.15) is 9.49 Å². The van der Waals surface area contributed by atoms with Crippen LogP contribution in [0.1, 0.15) is 25.7 Å². The Morgan fingerprint density at radius 1 is 1.12 bits per heavy atom. The van der Waals surface area contributed by atoms with Crippen molar-refractivity contribution in [3.8, 4) is 11.5 Å². The molecule has 4 aliphatic rings. The minimum Gasteiger partial charge on any atom is -0.481 e. The quantitative estimate of drug-likeness (QED) is 0.307. The highest BCUT2D eigenvalue weighted by atomic mass is 35.5. The highest BCUT2D eigenvalue weighted by Crippen LogP contribution is 2.46. The first-order valence-corrected chi connectivity index (χ1v) is 13.9. The summed E-state index contributed by atoms with van der Waals surface area (Å²) in [5.74, 6) is -0.735. The fraction of sp³-hybridized carbons (Fsp3) is 0.444. The third-order valence-electron chi connectivity index (χ3n) is 8.63. The third kappa shape index (κ3) is 4.30. The summed E-state index contributed by atoms with van der Waals surface area (Å²) in [4.78, 5) is 29.8. The van der Waals surface area contributed by atoms with Gasteiger partial charge >= 0.3 is 5.97 Å². The molecule has 3 saturated carbocycles. The first-order valence-electron chi connectivity index (χ1n) is 13.6. The second-order valence-corrected chi connectivity index (χ2v) is 11.2. The summed E-state index contributed by atoms with van der Waals surface area (Å²) < 4.78 is 21.8. The largest absolute Gasteiger partial charge is 0.481 e. The van der Waals surface area contributed by atoms with Crippen molar-refractivity contribution in [1.29, 1.82) is 0 Å². The number of furan rings is 1. The number of fused-ring (bicyclic) bond motifs is 4. The van der Waals surface area contributed by atoms with E-state index in [0.29, 0.717) is 47.9 Å². The fourth-order valence-corrected chi connectivity index (χ4v) is 6.81. The number of aliphatic carboxylic acids is 1. The van der Waals surface area contributed by atoms with Crippen LogP contribution in [0.4, 0.5) is 21.9 Å². The van der Waals surface area contributed by atoms with Crippen molar-refractivity contribution in [3.63, 3.8) is 0 Å². The summed E-state index contributed by atoms with van der Waals surface area (Å²) in [6.45, 7) is 2.25. The Hall–Kier alpha value is -3.93. The van der Waals surface area contributed by atoms with E-state index in [9.17, 15) is 9.90 Å². The zero-order chi connectivity index (χ0) is 27.4. The number of nitrogens with one attached hydrogen (secondary N) is 2. The van der Waals surface area contributed by atoms with E-state index < -0.39 is 23.7 Å². The normalized spacial score (nSPS) is 24.6. The zero-order valence-corrected chi connectivity index (χ0v) is 22.3. The molecule has 4 aromatic rings. The standard InChI is InChI=1S/C27H28ClFN8O3/c28-16-12-17-22(34-35-23(17)30-13-16)25-32-24(31-21-15-5-3-14(4-6-15)19(21)27(38)39)20(29)26(33-25)37-9-7-36(8-10-37)18-2-1-11-40-18/h1-2,11-15,19,21H,3-10H2,(H,38,39)(H,30,34,35)(H,31,32,33)/t14?,15?,19-,21-/m0/s1. The number of carboxylic acids is 1. The maximum Gasteiger partial charge on any atom is 0.308 e. The van der Waals surface area contributed by atoms with E-state index in [4.69, 9.17) is 16.0 Å². The lowest BCUT2D eigenvalue weighted by Gasteiger charge is -2.47. The SMILES string of the molecule is O=C(O)[C@H]1C2CCC(CC2)[C@@H]1Nc1nc(-c2n[nH]c3ncc(Cl)cc23)nc(N2CCN(c3ccco3)CC2)c1F. The van der Waals surface area contributed by atoms with Gasteiger partial charge in [0.2, 0.25) is 5.82 Å². The Morgan fingerprint density at radius 3 is 2.60 bits per heavy atom. The number of carbonyl (C=O) groups is 1. The molecule has 3 N–H and O–H groups in total. The maximum atomic E-state index is 16.3. The number of halogens is 2. The molecule has 8 rings (SSSR count). The minimum atomic E-state index is -0.852. The van der Waals surface area contributed by atoms with Crippen molar-refractivity contribution < 1.29 is 18.7 Å². The van der Waals surface area contributed by atoms with Gasteiger partial charge in [-0.1, -0.05) is 11.6 Å². The molecular formula is C27H28ClFN8O3.